The summed E-state index contributed by atoms with van der Waals surface area (Å²) in [5.74, 6) is 0.674. The summed E-state index contributed by atoms with van der Waals surface area (Å²) in [4.78, 5) is 11.5. The zero-order valence-electron chi connectivity index (χ0n) is 13.0. The molecule has 0 bridgehead atoms. The number of nitrogens with one attached hydrogen (secondary N) is 2. The van der Waals surface area contributed by atoms with Crippen LogP contribution >= 0.6 is 0 Å². The molecule has 130 valence electrons. The van der Waals surface area contributed by atoms with Crippen molar-refractivity contribution < 1.29 is 27.8 Å². The average molecular weight is 334 g/mol. The minimum absolute atomic E-state index is 0.0292. The summed E-state index contributed by atoms with van der Waals surface area (Å²) in [6.07, 6.45) is -7.67. The van der Waals surface area contributed by atoms with Gasteiger partial charge in [0.15, 0.2) is 6.10 Å². The normalized spacial score (nSPS) is 12.8. The summed E-state index contributed by atoms with van der Waals surface area (Å²) >= 11 is 0. The molecule has 0 fully saturated rings. The van der Waals surface area contributed by atoms with Gasteiger partial charge in [-0.1, -0.05) is 12.1 Å². The molecule has 2 amide bonds. The Kier molecular flexibility index (Phi) is 7.15. The molecule has 0 aromatic heterocycles. The van der Waals surface area contributed by atoms with Gasteiger partial charge in [-0.05, 0) is 38.0 Å². The van der Waals surface area contributed by atoms with Gasteiger partial charge in [-0.2, -0.15) is 13.2 Å². The van der Waals surface area contributed by atoms with Gasteiger partial charge in [-0.3, -0.25) is 0 Å². The third-order valence-electron chi connectivity index (χ3n) is 2.80. The maximum absolute atomic E-state index is 12.1. The van der Waals surface area contributed by atoms with Gasteiger partial charge in [-0.15, -0.1) is 0 Å². The Hall–Kier alpha value is -1.96. The lowest BCUT2D eigenvalue weighted by molar-refractivity contribution is -0.204. The molecular weight excluding hydrogens is 313 g/mol. The van der Waals surface area contributed by atoms with Crippen LogP contribution in [0.3, 0.4) is 0 Å². The molecule has 1 atom stereocenters. The lowest BCUT2D eigenvalue weighted by Crippen LogP contribution is -2.38. The van der Waals surface area contributed by atoms with Crippen LogP contribution in [0.2, 0.25) is 0 Å². The second kappa shape index (κ2) is 8.61. The van der Waals surface area contributed by atoms with Crippen molar-refractivity contribution in [1.29, 1.82) is 0 Å². The maximum atomic E-state index is 12.1. The van der Waals surface area contributed by atoms with E-state index in [2.05, 4.69) is 10.6 Å². The first-order valence-corrected chi connectivity index (χ1v) is 7.20. The molecule has 1 aromatic rings. The van der Waals surface area contributed by atoms with Crippen LogP contribution in [0.25, 0.3) is 0 Å². The van der Waals surface area contributed by atoms with Gasteiger partial charge >= 0.3 is 12.2 Å². The van der Waals surface area contributed by atoms with Gasteiger partial charge < -0.3 is 20.5 Å². The lowest BCUT2D eigenvalue weighted by atomic mass is 10.2. The summed E-state index contributed by atoms with van der Waals surface area (Å²) in [6, 6.07) is 6.54. The fourth-order valence-electron chi connectivity index (χ4n) is 1.73. The van der Waals surface area contributed by atoms with Crippen LogP contribution in [0.4, 0.5) is 18.0 Å². The Bertz CT molecular complexity index is 507. The summed E-state index contributed by atoms with van der Waals surface area (Å²) in [5.41, 5.74) is 0.800. The Labute approximate surface area is 132 Å². The second-order valence-corrected chi connectivity index (χ2v) is 5.27. The van der Waals surface area contributed by atoms with Gasteiger partial charge in [0.2, 0.25) is 0 Å². The maximum Gasteiger partial charge on any atom is 0.414 e. The number of hydrogen-bond donors (Lipinski definition) is 3. The predicted octanol–water partition coefficient (Wildman–Crippen LogP) is 2.59. The number of aliphatic hydroxyl groups is 1. The van der Waals surface area contributed by atoms with E-state index in [9.17, 15) is 18.0 Å². The third-order valence-corrected chi connectivity index (χ3v) is 2.80. The monoisotopic (exact) mass is 334 g/mol. The van der Waals surface area contributed by atoms with Gasteiger partial charge in [0.25, 0.3) is 0 Å². The highest BCUT2D eigenvalue weighted by Crippen LogP contribution is 2.21. The van der Waals surface area contributed by atoms with E-state index in [1.807, 2.05) is 13.8 Å². The molecule has 1 aromatic carbocycles. The average Bonchev–Trinajstić information content (AvgIpc) is 2.43. The number of carbonyl (C=O) groups excluding carboxylic acids is 1. The molecule has 0 radical (unpaired) electrons. The number of ether oxygens (including phenoxy) is 1. The van der Waals surface area contributed by atoms with Gasteiger partial charge in [0.05, 0.1) is 6.10 Å². The molecule has 0 heterocycles. The molecule has 5 nitrogen and oxygen atoms in total. The molecule has 1 unspecified atom stereocenters. The van der Waals surface area contributed by atoms with E-state index in [1.165, 1.54) is 0 Å². The highest BCUT2D eigenvalue weighted by atomic mass is 19.4. The summed E-state index contributed by atoms with van der Waals surface area (Å²) in [5, 5.41) is 13.6. The van der Waals surface area contributed by atoms with E-state index < -0.39 is 24.7 Å². The van der Waals surface area contributed by atoms with Crippen LogP contribution in [0.5, 0.6) is 5.75 Å². The molecule has 0 saturated heterocycles. The van der Waals surface area contributed by atoms with Crippen molar-refractivity contribution in [1.82, 2.24) is 10.6 Å². The zero-order chi connectivity index (χ0) is 17.5. The van der Waals surface area contributed by atoms with E-state index in [1.54, 1.807) is 24.3 Å². The fourth-order valence-corrected chi connectivity index (χ4v) is 1.73. The number of alkyl halides is 3. The number of rotatable bonds is 7. The number of hydrogen-bond acceptors (Lipinski definition) is 3. The second-order valence-electron chi connectivity index (χ2n) is 5.27. The molecule has 8 heteroatoms. The number of halogens is 3. The van der Waals surface area contributed by atoms with E-state index in [4.69, 9.17) is 9.84 Å². The van der Waals surface area contributed by atoms with E-state index in [0.29, 0.717) is 5.75 Å². The van der Waals surface area contributed by atoms with E-state index >= 15 is 0 Å². The Morgan fingerprint density at radius 2 is 2.00 bits per heavy atom. The largest absolute Gasteiger partial charge is 0.491 e. The van der Waals surface area contributed by atoms with Gasteiger partial charge in [0.1, 0.15) is 5.75 Å². The summed E-state index contributed by atoms with van der Waals surface area (Å²) < 4.78 is 41.8. The number of amides is 2. The highest BCUT2D eigenvalue weighted by molar-refractivity contribution is 5.73. The summed E-state index contributed by atoms with van der Waals surface area (Å²) in [6.45, 7) is 3.73. The van der Waals surface area contributed by atoms with Gasteiger partial charge in [-0.25, -0.2) is 4.79 Å². The molecule has 0 spiro atoms. The number of benzene rings is 1. The molecule has 23 heavy (non-hydrogen) atoms. The minimum Gasteiger partial charge on any atom is -0.491 e. The number of urea groups is 1. The van der Waals surface area contributed by atoms with Crippen LogP contribution in [0.1, 0.15) is 25.8 Å². The van der Waals surface area contributed by atoms with Crippen molar-refractivity contribution in [2.45, 2.75) is 45.2 Å². The first-order chi connectivity index (χ1) is 10.7. The van der Waals surface area contributed by atoms with Crippen LogP contribution in [-0.2, 0) is 6.54 Å². The molecule has 3 N–H and O–H groups in total. The van der Waals surface area contributed by atoms with Crippen LogP contribution in [-0.4, -0.2) is 36.1 Å². The van der Waals surface area contributed by atoms with Crippen molar-refractivity contribution in [2.24, 2.45) is 0 Å². The highest BCUT2D eigenvalue weighted by Gasteiger charge is 2.37. The smallest absolute Gasteiger partial charge is 0.414 e. The third kappa shape index (κ3) is 7.73. The Morgan fingerprint density at radius 3 is 2.61 bits per heavy atom. The zero-order valence-corrected chi connectivity index (χ0v) is 13.0. The molecule has 1 rings (SSSR count). The SMILES string of the molecule is CC(C)Oc1cccc(CNC(=O)NCCC(O)C(F)(F)F)c1. The van der Waals surface area contributed by atoms with Crippen molar-refractivity contribution >= 4 is 6.03 Å². The molecule has 0 aliphatic carbocycles. The Balaban J connectivity index is 2.33. The molecule has 0 saturated carbocycles. The Morgan fingerprint density at radius 1 is 1.30 bits per heavy atom. The van der Waals surface area contributed by atoms with Crippen molar-refractivity contribution in [2.75, 3.05) is 6.54 Å². The van der Waals surface area contributed by atoms with Crippen molar-refractivity contribution in [3.05, 3.63) is 29.8 Å². The molecular formula is C15H21F3N2O3. The molecule has 0 aliphatic rings. The minimum atomic E-state index is -4.67. The van der Waals surface area contributed by atoms with E-state index in [-0.39, 0.29) is 19.2 Å². The quantitative estimate of drug-likeness (QED) is 0.718. The van der Waals surface area contributed by atoms with Crippen LogP contribution in [0.15, 0.2) is 24.3 Å². The standard InChI is InChI=1S/C15H21F3N2O3/c1-10(2)23-12-5-3-4-11(8-12)9-20-14(22)19-7-6-13(21)15(16,17)18/h3-5,8,10,13,21H,6-7,9H2,1-2H3,(H2,19,20,22). The van der Waals surface area contributed by atoms with Gasteiger partial charge in [0, 0.05) is 13.1 Å². The van der Waals surface area contributed by atoms with Crippen molar-refractivity contribution in [3.8, 4) is 5.75 Å². The number of carbonyl (C=O) groups is 1. The predicted molar refractivity (Wildman–Crippen MR) is 79.1 cm³/mol. The first-order valence-electron chi connectivity index (χ1n) is 7.20. The summed E-state index contributed by atoms with van der Waals surface area (Å²) in [7, 11) is 0. The first kappa shape index (κ1) is 19.1. The van der Waals surface area contributed by atoms with Crippen LogP contribution < -0.4 is 15.4 Å². The van der Waals surface area contributed by atoms with Crippen molar-refractivity contribution in [3.63, 3.8) is 0 Å². The van der Waals surface area contributed by atoms with Crippen LogP contribution in [0, 0.1) is 0 Å². The van der Waals surface area contributed by atoms with E-state index in [0.717, 1.165) is 5.56 Å². The molecule has 0 aliphatic heterocycles. The number of aliphatic hydroxyl groups excluding tert-OH is 1. The lowest BCUT2D eigenvalue weighted by Gasteiger charge is -2.15. The topological polar surface area (TPSA) is 70.6 Å². The fraction of sp³-hybridized carbons (Fsp3) is 0.533.